The number of carbonyl (C=O) groups is 1. The molecule has 1 atom stereocenters. The maximum Gasteiger partial charge on any atom is 0.240 e. The molecule has 2 heterocycles. The average Bonchev–Trinajstić information content (AvgIpc) is 2.92. The smallest absolute Gasteiger partial charge is 0.240 e. The van der Waals surface area contributed by atoms with Gasteiger partial charge in [-0.1, -0.05) is 43.2 Å². The molecule has 1 unspecified atom stereocenters. The van der Waals surface area contributed by atoms with Crippen molar-refractivity contribution >= 4 is 27.1 Å². The third-order valence-electron chi connectivity index (χ3n) is 4.73. The van der Waals surface area contributed by atoms with Gasteiger partial charge in [0.2, 0.25) is 5.91 Å². The van der Waals surface area contributed by atoms with E-state index in [1.807, 2.05) is 30.3 Å². The van der Waals surface area contributed by atoms with Crippen molar-refractivity contribution in [3.05, 3.63) is 41.4 Å². The van der Waals surface area contributed by atoms with E-state index in [1.54, 1.807) is 10.3 Å². The Morgan fingerprint density at radius 3 is 2.46 bits per heavy atom. The highest BCUT2D eigenvalue weighted by Crippen LogP contribution is 2.25. The summed E-state index contributed by atoms with van der Waals surface area (Å²) >= 11 is 1.42. The maximum atomic E-state index is 12.7. The van der Waals surface area contributed by atoms with Crippen LogP contribution in [0.3, 0.4) is 0 Å². The predicted octanol–water partition coefficient (Wildman–Crippen LogP) is 3.52. The zero-order valence-corrected chi connectivity index (χ0v) is 16.6. The fourth-order valence-electron chi connectivity index (χ4n) is 3.12. The molecule has 1 fully saturated rings. The Morgan fingerprint density at radius 1 is 1.15 bits per heavy atom. The van der Waals surface area contributed by atoms with E-state index in [-0.39, 0.29) is 11.7 Å². The minimum Gasteiger partial charge on any atom is -0.342 e. The molecule has 26 heavy (non-hydrogen) atoms. The van der Waals surface area contributed by atoms with Gasteiger partial charge in [0, 0.05) is 24.0 Å². The van der Waals surface area contributed by atoms with Crippen molar-refractivity contribution in [3.63, 3.8) is 0 Å². The topological polar surface area (TPSA) is 67.3 Å². The molecule has 0 saturated carbocycles. The summed E-state index contributed by atoms with van der Waals surface area (Å²) in [5.74, 6) is -0.470. The lowest BCUT2D eigenvalue weighted by Crippen LogP contribution is -2.42. The predicted molar refractivity (Wildman–Crippen MR) is 105 cm³/mol. The SMILES string of the molecule is CC(C(=O)N1CCCCCC1)S(=O)(=O)Cc1csc(-c2ccccc2)n1. The zero-order valence-electron chi connectivity index (χ0n) is 14.9. The lowest BCUT2D eigenvalue weighted by Gasteiger charge is -2.23. The van der Waals surface area contributed by atoms with E-state index in [2.05, 4.69) is 4.98 Å². The summed E-state index contributed by atoms with van der Waals surface area (Å²) in [4.78, 5) is 18.8. The van der Waals surface area contributed by atoms with E-state index in [4.69, 9.17) is 0 Å². The van der Waals surface area contributed by atoms with Gasteiger partial charge < -0.3 is 4.90 Å². The first-order chi connectivity index (χ1) is 12.5. The Bertz CT molecular complexity index is 839. The van der Waals surface area contributed by atoms with Crippen LogP contribution >= 0.6 is 11.3 Å². The summed E-state index contributed by atoms with van der Waals surface area (Å²) in [5, 5.41) is 1.54. The molecular formula is C19H24N2O3S2. The molecule has 1 aromatic heterocycles. The van der Waals surface area contributed by atoms with Gasteiger partial charge in [-0.25, -0.2) is 13.4 Å². The molecule has 0 spiro atoms. The fraction of sp³-hybridized carbons (Fsp3) is 0.474. The summed E-state index contributed by atoms with van der Waals surface area (Å²) < 4.78 is 25.5. The summed E-state index contributed by atoms with van der Waals surface area (Å²) in [6.45, 7) is 2.83. The van der Waals surface area contributed by atoms with Crippen LogP contribution in [0.25, 0.3) is 10.6 Å². The van der Waals surface area contributed by atoms with Gasteiger partial charge in [0.1, 0.15) is 10.3 Å². The second-order valence-electron chi connectivity index (χ2n) is 6.70. The molecule has 0 N–H and O–H groups in total. The third kappa shape index (κ3) is 4.51. The summed E-state index contributed by atoms with van der Waals surface area (Å²) in [5.41, 5.74) is 1.47. The number of sulfone groups is 1. The van der Waals surface area contributed by atoms with Crippen LogP contribution in [0.1, 0.15) is 38.3 Å². The number of amides is 1. The highest BCUT2D eigenvalue weighted by atomic mass is 32.2. The van der Waals surface area contributed by atoms with Crippen LogP contribution < -0.4 is 0 Å². The van der Waals surface area contributed by atoms with Gasteiger partial charge >= 0.3 is 0 Å². The van der Waals surface area contributed by atoms with E-state index in [9.17, 15) is 13.2 Å². The normalized spacial score (nSPS) is 16.9. The van der Waals surface area contributed by atoms with Gasteiger partial charge in [-0.3, -0.25) is 4.79 Å². The monoisotopic (exact) mass is 392 g/mol. The molecule has 140 valence electrons. The minimum absolute atomic E-state index is 0.197. The van der Waals surface area contributed by atoms with Gasteiger partial charge in [-0.05, 0) is 19.8 Å². The number of carbonyl (C=O) groups excluding carboxylic acids is 1. The molecule has 1 aliphatic heterocycles. The van der Waals surface area contributed by atoms with Crippen molar-refractivity contribution in [3.8, 4) is 10.6 Å². The highest BCUT2D eigenvalue weighted by Gasteiger charge is 2.32. The quantitative estimate of drug-likeness (QED) is 0.781. The van der Waals surface area contributed by atoms with Crippen molar-refractivity contribution < 1.29 is 13.2 Å². The third-order valence-corrected chi connectivity index (χ3v) is 7.64. The maximum absolute atomic E-state index is 12.7. The standard InChI is InChI=1S/C19H24N2O3S2/c1-15(19(22)21-11-7-2-3-8-12-21)26(23,24)14-17-13-25-18(20-17)16-9-5-4-6-10-16/h4-6,9-10,13,15H,2-3,7-8,11-12,14H2,1H3. The number of nitrogens with zero attached hydrogens (tertiary/aromatic N) is 2. The first-order valence-electron chi connectivity index (χ1n) is 8.97. The van der Waals surface area contributed by atoms with Crippen molar-refractivity contribution in [2.45, 2.75) is 43.6 Å². The van der Waals surface area contributed by atoms with E-state index in [0.29, 0.717) is 18.8 Å². The fourth-order valence-corrected chi connectivity index (χ4v) is 5.32. The Kier molecular flexibility index (Phi) is 6.09. The highest BCUT2D eigenvalue weighted by molar-refractivity contribution is 7.92. The molecule has 2 aromatic rings. The van der Waals surface area contributed by atoms with Crippen molar-refractivity contribution in [1.29, 1.82) is 0 Å². The molecule has 1 aromatic carbocycles. The summed E-state index contributed by atoms with van der Waals surface area (Å²) in [7, 11) is -3.59. The number of likely N-dealkylation sites (tertiary alicyclic amines) is 1. The van der Waals surface area contributed by atoms with E-state index in [1.165, 1.54) is 18.3 Å². The zero-order chi connectivity index (χ0) is 18.6. The van der Waals surface area contributed by atoms with E-state index >= 15 is 0 Å². The Labute approximate surface area is 159 Å². The lowest BCUT2D eigenvalue weighted by molar-refractivity contribution is -0.130. The average molecular weight is 393 g/mol. The molecule has 5 nitrogen and oxygen atoms in total. The van der Waals surface area contributed by atoms with Crippen LogP contribution in [0, 0.1) is 0 Å². The van der Waals surface area contributed by atoms with Gasteiger partial charge in [-0.2, -0.15) is 0 Å². The van der Waals surface area contributed by atoms with Crippen molar-refractivity contribution in [2.75, 3.05) is 13.1 Å². The van der Waals surface area contributed by atoms with Gasteiger partial charge in [0.25, 0.3) is 0 Å². The molecule has 1 aliphatic rings. The molecule has 0 aliphatic carbocycles. The summed E-state index contributed by atoms with van der Waals surface area (Å²) in [6, 6.07) is 9.67. The number of rotatable bonds is 5. The Morgan fingerprint density at radius 2 is 1.81 bits per heavy atom. The van der Waals surface area contributed by atoms with Crippen LogP contribution in [0.5, 0.6) is 0 Å². The van der Waals surface area contributed by atoms with Gasteiger partial charge in [0.15, 0.2) is 9.84 Å². The number of aromatic nitrogens is 1. The van der Waals surface area contributed by atoms with Crippen LogP contribution in [-0.4, -0.2) is 42.5 Å². The number of hydrogen-bond acceptors (Lipinski definition) is 5. The Balaban J connectivity index is 1.70. The Hall–Kier alpha value is -1.73. The minimum atomic E-state index is -3.59. The molecule has 7 heteroatoms. The molecule has 1 saturated heterocycles. The first-order valence-corrected chi connectivity index (χ1v) is 11.6. The molecular weight excluding hydrogens is 368 g/mol. The molecule has 0 bridgehead atoms. The molecule has 1 amide bonds. The van der Waals surface area contributed by atoms with E-state index in [0.717, 1.165) is 36.3 Å². The van der Waals surface area contributed by atoms with E-state index < -0.39 is 15.1 Å². The number of thiazole rings is 1. The van der Waals surface area contributed by atoms with Crippen LogP contribution in [0.15, 0.2) is 35.7 Å². The van der Waals surface area contributed by atoms with Gasteiger partial charge in [-0.15, -0.1) is 11.3 Å². The first kappa shape index (κ1) is 19.0. The summed E-state index contributed by atoms with van der Waals surface area (Å²) in [6.07, 6.45) is 4.11. The largest absolute Gasteiger partial charge is 0.342 e. The van der Waals surface area contributed by atoms with Crippen LogP contribution in [0.4, 0.5) is 0 Å². The number of hydrogen-bond donors (Lipinski definition) is 0. The second-order valence-corrected chi connectivity index (χ2v) is 9.88. The molecule has 0 radical (unpaired) electrons. The molecule has 3 rings (SSSR count). The van der Waals surface area contributed by atoms with Crippen molar-refractivity contribution in [2.24, 2.45) is 0 Å². The van der Waals surface area contributed by atoms with Crippen molar-refractivity contribution in [1.82, 2.24) is 9.88 Å². The van der Waals surface area contributed by atoms with Gasteiger partial charge in [0.05, 0.1) is 11.4 Å². The second kappa shape index (κ2) is 8.31. The lowest BCUT2D eigenvalue weighted by atomic mass is 10.2. The number of benzene rings is 1. The van der Waals surface area contributed by atoms with Crippen LogP contribution in [-0.2, 0) is 20.4 Å². The van der Waals surface area contributed by atoms with Crippen LogP contribution in [0.2, 0.25) is 0 Å².